The molecule has 0 spiro atoms. The second-order valence-corrected chi connectivity index (χ2v) is 6.33. The molecule has 1 aliphatic carbocycles. The molecule has 0 aliphatic heterocycles. The van der Waals surface area contributed by atoms with Gasteiger partial charge in [-0.2, -0.15) is 0 Å². The highest BCUT2D eigenvalue weighted by Crippen LogP contribution is 2.39. The Labute approximate surface area is 125 Å². The second kappa shape index (κ2) is 5.83. The SMILES string of the molecule is CC1(CNC(=O)Nc2cc(C(=O)O)ccc2Br)CCC1. The van der Waals surface area contributed by atoms with E-state index in [4.69, 9.17) is 5.11 Å². The molecule has 0 saturated heterocycles. The van der Waals surface area contributed by atoms with Gasteiger partial charge >= 0.3 is 12.0 Å². The van der Waals surface area contributed by atoms with E-state index in [2.05, 4.69) is 33.5 Å². The summed E-state index contributed by atoms with van der Waals surface area (Å²) in [5.41, 5.74) is 0.785. The maximum atomic E-state index is 11.8. The van der Waals surface area contributed by atoms with Crippen LogP contribution in [0, 0.1) is 5.41 Å². The van der Waals surface area contributed by atoms with E-state index in [1.807, 2.05) is 0 Å². The number of carboxylic acids is 1. The topological polar surface area (TPSA) is 78.4 Å². The van der Waals surface area contributed by atoms with Crippen LogP contribution in [0.4, 0.5) is 10.5 Å². The molecular formula is C14H17BrN2O3. The number of carbonyl (C=O) groups excluding carboxylic acids is 1. The van der Waals surface area contributed by atoms with Gasteiger partial charge in [-0.1, -0.05) is 13.3 Å². The molecule has 0 aromatic heterocycles. The molecule has 20 heavy (non-hydrogen) atoms. The first-order chi connectivity index (χ1) is 9.39. The average molecular weight is 341 g/mol. The van der Waals surface area contributed by atoms with Crippen LogP contribution in [0.15, 0.2) is 22.7 Å². The van der Waals surface area contributed by atoms with E-state index < -0.39 is 5.97 Å². The standard InChI is InChI=1S/C14H17BrN2O3/c1-14(5-2-6-14)8-16-13(20)17-11-7-9(12(18)19)3-4-10(11)15/h3-4,7H,2,5-6,8H2,1H3,(H,18,19)(H2,16,17,20). The molecule has 2 amide bonds. The lowest BCUT2D eigenvalue weighted by atomic mass is 9.70. The van der Waals surface area contributed by atoms with Crippen LogP contribution in [0.2, 0.25) is 0 Å². The van der Waals surface area contributed by atoms with E-state index in [9.17, 15) is 9.59 Å². The number of hydrogen-bond acceptors (Lipinski definition) is 2. The Bertz CT molecular complexity index is 541. The molecule has 1 saturated carbocycles. The summed E-state index contributed by atoms with van der Waals surface area (Å²) in [5.74, 6) is -1.03. The number of hydrogen-bond donors (Lipinski definition) is 3. The van der Waals surface area contributed by atoms with Crippen molar-refractivity contribution in [2.45, 2.75) is 26.2 Å². The van der Waals surface area contributed by atoms with Crippen LogP contribution >= 0.6 is 15.9 Å². The van der Waals surface area contributed by atoms with Gasteiger partial charge in [-0.3, -0.25) is 0 Å². The predicted molar refractivity (Wildman–Crippen MR) is 80.1 cm³/mol. The van der Waals surface area contributed by atoms with Gasteiger partial charge in [0, 0.05) is 11.0 Å². The normalized spacial score (nSPS) is 16.1. The third-order valence-corrected chi connectivity index (χ3v) is 4.39. The number of anilines is 1. The van der Waals surface area contributed by atoms with Crippen LogP contribution in [0.25, 0.3) is 0 Å². The number of halogens is 1. The fourth-order valence-corrected chi connectivity index (χ4v) is 2.52. The van der Waals surface area contributed by atoms with Crippen molar-refractivity contribution in [2.75, 3.05) is 11.9 Å². The van der Waals surface area contributed by atoms with Crippen molar-refractivity contribution in [3.05, 3.63) is 28.2 Å². The number of amides is 2. The van der Waals surface area contributed by atoms with Crippen molar-refractivity contribution in [3.8, 4) is 0 Å². The third-order valence-electron chi connectivity index (χ3n) is 3.70. The van der Waals surface area contributed by atoms with Crippen LogP contribution in [-0.4, -0.2) is 23.7 Å². The van der Waals surface area contributed by atoms with Crippen molar-refractivity contribution in [3.63, 3.8) is 0 Å². The fourth-order valence-electron chi connectivity index (χ4n) is 2.17. The first-order valence-corrected chi connectivity index (χ1v) is 7.27. The molecule has 1 fully saturated rings. The Hall–Kier alpha value is -1.56. The van der Waals surface area contributed by atoms with E-state index in [1.54, 1.807) is 6.07 Å². The van der Waals surface area contributed by atoms with E-state index in [-0.39, 0.29) is 17.0 Å². The molecule has 0 bridgehead atoms. The van der Waals surface area contributed by atoms with Gasteiger partial charge in [0.05, 0.1) is 11.3 Å². The molecule has 1 aromatic rings. The molecule has 6 heteroatoms. The minimum absolute atomic E-state index is 0.134. The number of carboxylic acid groups (broad SMARTS) is 1. The number of carbonyl (C=O) groups is 2. The van der Waals surface area contributed by atoms with Crippen LogP contribution in [0.1, 0.15) is 36.5 Å². The molecule has 1 aromatic carbocycles. The lowest BCUT2D eigenvalue weighted by molar-refractivity contribution is 0.0697. The first kappa shape index (κ1) is 14.8. The van der Waals surface area contributed by atoms with Gasteiger partial charge < -0.3 is 15.7 Å². The number of urea groups is 1. The van der Waals surface area contributed by atoms with Crippen LogP contribution in [0.5, 0.6) is 0 Å². The molecule has 0 heterocycles. The van der Waals surface area contributed by atoms with Gasteiger partial charge in [0.2, 0.25) is 0 Å². The zero-order valence-corrected chi connectivity index (χ0v) is 12.8. The molecule has 0 unspecified atom stereocenters. The first-order valence-electron chi connectivity index (χ1n) is 6.47. The van der Waals surface area contributed by atoms with Crippen LogP contribution in [0.3, 0.4) is 0 Å². The van der Waals surface area contributed by atoms with E-state index in [1.165, 1.54) is 18.6 Å². The van der Waals surface area contributed by atoms with Crippen molar-refractivity contribution in [1.82, 2.24) is 5.32 Å². The Balaban J connectivity index is 1.96. The summed E-state index contributed by atoms with van der Waals surface area (Å²) in [7, 11) is 0. The number of aromatic carboxylic acids is 1. The number of benzene rings is 1. The van der Waals surface area contributed by atoms with Gasteiger partial charge in [0.25, 0.3) is 0 Å². The molecule has 3 N–H and O–H groups in total. The van der Waals surface area contributed by atoms with Crippen LogP contribution < -0.4 is 10.6 Å². The predicted octanol–water partition coefficient (Wildman–Crippen LogP) is 3.46. The monoisotopic (exact) mass is 340 g/mol. The summed E-state index contributed by atoms with van der Waals surface area (Å²) in [6, 6.07) is 4.19. The second-order valence-electron chi connectivity index (χ2n) is 5.47. The zero-order chi connectivity index (χ0) is 14.8. The highest BCUT2D eigenvalue weighted by atomic mass is 79.9. The summed E-state index contributed by atoms with van der Waals surface area (Å²) >= 11 is 3.29. The van der Waals surface area contributed by atoms with Gasteiger partial charge in [0.1, 0.15) is 0 Å². The van der Waals surface area contributed by atoms with Crippen molar-refractivity contribution in [2.24, 2.45) is 5.41 Å². The number of rotatable bonds is 4. The summed E-state index contributed by atoms with van der Waals surface area (Å²) in [4.78, 5) is 22.8. The summed E-state index contributed by atoms with van der Waals surface area (Å²) in [6.45, 7) is 2.78. The van der Waals surface area contributed by atoms with Crippen molar-refractivity contribution >= 4 is 33.6 Å². The lowest BCUT2D eigenvalue weighted by Crippen LogP contribution is -2.41. The Morgan fingerprint density at radius 2 is 2.10 bits per heavy atom. The molecule has 1 aliphatic rings. The molecule has 0 radical (unpaired) electrons. The summed E-state index contributed by atoms with van der Waals surface area (Å²) in [6.07, 6.45) is 3.48. The van der Waals surface area contributed by atoms with Gasteiger partial charge in [-0.15, -0.1) is 0 Å². The highest BCUT2D eigenvalue weighted by molar-refractivity contribution is 9.10. The van der Waals surface area contributed by atoms with E-state index in [0.717, 1.165) is 12.8 Å². The van der Waals surface area contributed by atoms with E-state index >= 15 is 0 Å². The highest BCUT2D eigenvalue weighted by Gasteiger charge is 2.31. The quantitative estimate of drug-likeness (QED) is 0.785. The van der Waals surface area contributed by atoms with Crippen LogP contribution in [-0.2, 0) is 0 Å². The maximum absolute atomic E-state index is 11.8. The van der Waals surface area contributed by atoms with Gasteiger partial charge in [-0.05, 0) is 52.4 Å². The maximum Gasteiger partial charge on any atom is 0.335 e. The molecule has 2 rings (SSSR count). The molecule has 5 nitrogen and oxygen atoms in total. The van der Waals surface area contributed by atoms with E-state index in [0.29, 0.717) is 16.7 Å². The molecule has 108 valence electrons. The molecule has 0 atom stereocenters. The summed E-state index contributed by atoms with van der Waals surface area (Å²) in [5, 5.41) is 14.4. The fraction of sp³-hybridized carbons (Fsp3) is 0.429. The Kier molecular flexibility index (Phi) is 4.32. The zero-order valence-electron chi connectivity index (χ0n) is 11.2. The minimum atomic E-state index is -1.03. The van der Waals surface area contributed by atoms with Crippen molar-refractivity contribution < 1.29 is 14.7 Å². The van der Waals surface area contributed by atoms with Crippen molar-refractivity contribution in [1.29, 1.82) is 0 Å². The minimum Gasteiger partial charge on any atom is -0.478 e. The summed E-state index contributed by atoms with van der Waals surface area (Å²) < 4.78 is 0.646. The molecular weight excluding hydrogens is 324 g/mol. The largest absolute Gasteiger partial charge is 0.478 e. The average Bonchev–Trinajstić information content (AvgIpc) is 2.36. The Morgan fingerprint density at radius 3 is 2.65 bits per heavy atom. The van der Waals surface area contributed by atoms with Gasteiger partial charge in [0.15, 0.2) is 0 Å². The number of nitrogens with one attached hydrogen (secondary N) is 2. The van der Waals surface area contributed by atoms with Gasteiger partial charge in [-0.25, -0.2) is 9.59 Å². The Morgan fingerprint density at radius 1 is 1.40 bits per heavy atom. The smallest absolute Gasteiger partial charge is 0.335 e. The lowest BCUT2D eigenvalue weighted by Gasteiger charge is -2.38. The third kappa shape index (κ3) is 3.50.